The third kappa shape index (κ3) is 2.52. The summed E-state index contributed by atoms with van der Waals surface area (Å²) >= 11 is 0. The number of methoxy groups -OCH3 is 1. The lowest BCUT2D eigenvalue weighted by atomic mass is 10.3. The van der Waals surface area contributed by atoms with Gasteiger partial charge in [-0.3, -0.25) is 9.78 Å². The Hall–Kier alpha value is -1.91. The molecule has 1 heterocycles. The SMILES string of the molecule is CCN(C(=O)C(=O)OC)c1ccncc1. The summed E-state index contributed by atoms with van der Waals surface area (Å²) in [5, 5.41) is 0. The van der Waals surface area contributed by atoms with Crippen molar-refractivity contribution in [2.45, 2.75) is 6.92 Å². The Kier molecular flexibility index (Phi) is 3.79. The van der Waals surface area contributed by atoms with E-state index < -0.39 is 11.9 Å². The predicted molar refractivity (Wildman–Crippen MR) is 54.3 cm³/mol. The van der Waals surface area contributed by atoms with Crippen LogP contribution in [-0.2, 0) is 14.3 Å². The van der Waals surface area contributed by atoms with Crippen molar-refractivity contribution in [1.29, 1.82) is 0 Å². The fourth-order valence-corrected chi connectivity index (χ4v) is 1.16. The van der Waals surface area contributed by atoms with Crippen molar-refractivity contribution < 1.29 is 14.3 Å². The largest absolute Gasteiger partial charge is 0.462 e. The van der Waals surface area contributed by atoms with Crippen molar-refractivity contribution in [3.05, 3.63) is 24.5 Å². The molecule has 0 bridgehead atoms. The van der Waals surface area contributed by atoms with Crippen molar-refractivity contribution >= 4 is 17.6 Å². The average molecular weight is 208 g/mol. The van der Waals surface area contributed by atoms with Gasteiger partial charge in [0, 0.05) is 24.6 Å². The van der Waals surface area contributed by atoms with Gasteiger partial charge in [-0.05, 0) is 19.1 Å². The van der Waals surface area contributed by atoms with E-state index in [1.54, 1.807) is 31.5 Å². The van der Waals surface area contributed by atoms with Crippen LogP contribution in [0.15, 0.2) is 24.5 Å². The Morgan fingerprint density at radius 2 is 2.00 bits per heavy atom. The van der Waals surface area contributed by atoms with Gasteiger partial charge in [0.05, 0.1) is 7.11 Å². The topological polar surface area (TPSA) is 59.5 Å². The van der Waals surface area contributed by atoms with Gasteiger partial charge >= 0.3 is 11.9 Å². The Morgan fingerprint density at radius 1 is 1.40 bits per heavy atom. The molecule has 5 nitrogen and oxygen atoms in total. The number of pyridine rings is 1. The van der Waals surface area contributed by atoms with Crippen LogP contribution in [0.4, 0.5) is 5.69 Å². The summed E-state index contributed by atoms with van der Waals surface area (Å²) in [6.07, 6.45) is 3.12. The molecule has 15 heavy (non-hydrogen) atoms. The summed E-state index contributed by atoms with van der Waals surface area (Å²) in [4.78, 5) is 27.8. The summed E-state index contributed by atoms with van der Waals surface area (Å²) in [7, 11) is 1.18. The molecule has 80 valence electrons. The number of carbonyl (C=O) groups is 2. The second-order valence-electron chi connectivity index (χ2n) is 2.75. The Morgan fingerprint density at radius 3 is 2.47 bits per heavy atom. The number of rotatable bonds is 2. The standard InChI is InChI=1S/C10H12N2O3/c1-3-12(9(13)10(14)15-2)8-4-6-11-7-5-8/h4-7H,3H2,1-2H3. The molecule has 0 spiro atoms. The molecule has 1 aromatic heterocycles. The zero-order chi connectivity index (χ0) is 11.3. The number of ether oxygens (including phenoxy) is 1. The molecule has 0 aliphatic carbocycles. The number of hydrogen-bond acceptors (Lipinski definition) is 4. The summed E-state index contributed by atoms with van der Waals surface area (Å²) in [5.41, 5.74) is 0.628. The van der Waals surface area contributed by atoms with Crippen molar-refractivity contribution in [2.75, 3.05) is 18.6 Å². The molecule has 0 fully saturated rings. The average Bonchev–Trinajstić information content (AvgIpc) is 2.30. The van der Waals surface area contributed by atoms with E-state index in [4.69, 9.17) is 0 Å². The van der Waals surface area contributed by atoms with E-state index in [9.17, 15) is 9.59 Å². The van der Waals surface area contributed by atoms with E-state index in [0.717, 1.165) is 0 Å². The third-order valence-corrected chi connectivity index (χ3v) is 1.90. The lowest BCUT2D eigenvalue weighted by Crippen LogP contribution is -2.37. The Labute approximate surface area is 87.7 Å². The van der Waals surface area contributed by atoms with Gasteiger partial charge in [-0.25, -0.2) is 4.79 Å². The monoisotopic (exact) mass is 208 g/mol. The van der Waals surface area contributed by atoms with E-state index in [-0.39, 0.29) is 0 Å². The fourth-order valence-electron chi connectivity index (χ4n) is 1.16. The highest BCUT2D eigenvalue weighted by Gasteiger charge is 2.22. The van der Waals surface area contributed by atoms with Gasteiger partial charge in [0.15, 0.2) is 0 Å². The molecule has 0 aliphatic heterocycles. The number of amides is 1. The van der Waals surface area contributed by atoms with Gasteiger partial charge in [-0.2, -0.15) is 0 Å². The summed E-state index contributed by atoms with van der Waals surface area (Å²) in [5.74, 6) is -1.54. The molecule has 0 saturated carbocycles. The first-order valence-electron chi connectivity index (χ1n) is 4.50. The van der Waals surface area contributed by atoms with Crippen LogP contribution in [0.1, 0.15) is 6.92 Å². The molecule has 1 rings (SSSR count). The molecular formula is C10H12N2O3. The number of carbonyl (C=O) groups excluding carboxylic acids is 2. The minimum Gasteiger partial charge on any atom is -0.462 e. The maximum atomic E-state index is 11.5. The minimum atomic E-state index is -0.867. The van der Waals surface area contributed by atoms with Crippen LogP contribution < -0.4 is 4.90 Å². The van der Waals surface area contributed by atoms with Gasteiger partial charge in [0.1, 0.15) is 0 Å². The van der Waals surface area contributed by atoms with Crippen molar-refractivity contribution in [3.8, 4) is 0 Å². The van der Waals surface area contributed by atoms with E-state index in [2.05, 4.69) is 9.72 Å². The first kappa shape index (κ1) is 11.2. The molecule has 1 amide bonds. The summed E-state index contributed by atoms with van der Waals surface area (Å²) in [6.45, 7) is 2.18. The van der Waals surface area contributed by atoms with E-state index in [0.29, 0.717) is 12.2 Å². The molecule has 0 atom stereocenters. The minimum absolute atomic E-state index is 0.401. The molecule has 0 saturated heterocycles. The fraction of sp³-hybridized carbons (Fsp3) is 0.300. The van der Waals surface area contributed by atoms with E-state index in [1.165, 1.54) is 12.0 Å². The van der Waals surface area contributed by atoms with Gasteiger partial charge in [0.2, 0.25) is 0 Å². The normalized spacial score (nSPS) is 9.47. The molecule has 0 unspecified atom stereocenters. The number of esters is 1. The summed E-state index contributed by atoms with van der Waals surface area (Å²) < 4.78 is 4.37. The number of hydrogen-bond donors (Lipinski definition) is 0. The number of anilines is 1. The van der Waals surface area contributed by atoms with Gasteiger partial charge in [0.25, 0.3) is 0 Å². The second kappa shape index (κ2) is 5.09. The molecule has 0 N–H and O–H groups in total. The molecular weight excluding hydrogens is 196 g/mol. The van der Waals surface area contributed by atoms with Crippen molar-refractivity contribution in [1.82, 2.24) is 4.98 Å². The number of nitrogens with zero attached hydrogens (tertiary/aromatic N) is 2. The molecule has 0 aromatic carbocycles. The lowest BCUT2D eigenvalue weighted by molar-refractivity contribution is -0.151. The zero-order valence-corrected chi connectivity index (χ0v) is 8.64. The highest BCUT2D eigenvalue weighted by Crippen LogP contribution is 2.12. The Balaban J connectivity index is 2.90. The van der Waals surface area contributed by atoms with Crippen LogP contribution in [0.25, 0.3) is 0 Å². The van der Waals surface area contributed by atoms with Crippen LogP contribution in [0.3, 0.4) is 0 Å². The lowest BCUT2D eigenvalue weighted by Gasteiger charge is -2.18. The predicted octanol–water partition coefficient (Wildman–Crippen LogP) is 0.607. The smallest absolute Gasteiger partial charge is 0.397 e. The van der Waals surface area contributed by atoms with Crippen LogP contribution in [0.2, 0.25) is 0 Å². The molecule has 5 heteroatoms. The molecule has 1 aromatic rings. The van der Waals surface area contributed by atoms with Gasteiger partial charge in [-0.15, -0.1) is 0 Å². The van der Waals surface area contributed by atoms with Crippen LogP contribution in [-0.4, -0.2) is 30.5 Å². The first-order valence-corrected chi connectivity index (χ1v) is 4.50. The number of aromatic nitrogens is 1. The van der Waals surface area contributed by atoms with Crippen LogP contribution >= 0.6 is 0 Å². The van der Waals surface area contributed by atoms with Crippen LogP contribution in [0.5, 0.6) is 0 Å². The van der Waals surface area contributed by atoms with Crippen LogP contribution in [0, 0.1) is 0 Å². The van der Waals surface area contributed by atoms with E-state index in [1.807, 2.05) is 0 Å². The summed E-state index contributed by atoms with van der Waals surface area (Å²) in [6, 6.07) is 3.31. The maximum absolute atomic E-state index is 11.5. The van der Waals surface area contributed by atoms with Crippen molar-refractivity contribution in [3.63, 3.8) is 0 Å². The molecule has 0 radical (unpaired) electrons. The van der Waals surface area contributed by atoms with E-state index >= 15 is 0 Å². The quantitative estimate of drug-likeness (QED) is 0.527. The third-order valence-electron chi connectivity index (χ3n) is 1.90. The second-order valence-corrected chi connectivity index (χ2v) is 2.75. The first-order chi connectivity index (χ1) is 7.20. The van der Waals surface area contributed by atoms with Gasteiger partial charge < -0.3 is 9.64 Å². The maximum Gasteiger partial charge on any atom is 0.397 e. The molecule has 0 aliphatic rings. The highest BCUT2D eigenvalue weighted by molar-refractivity contribution is 6.38. The van der Waals surface area contributed by atoms with Gasteiger partial charge in [-0.1, -0.05) is 0 Å². The highest BCUT2D eigenvalue weighted by atomic mass is 16.5. The Bertz CT molecular complexity index is 351. The zero-order valence-electron chi connectivity index (χ0n) is 8.64. The number of likely N-dealkylation sites (N-methyl/N-ethyl adjacent to an activating group) is 1. The van der Waals surface area contributed by atoms with Crippen molar-refractivity contribution in [2.24, 2.45) is 0 Å².